The highest BCUT2D eigenvalue weighted by molar-refractivity contribution is 5.21. The Morgan fingerprint density at radius 2 is 1.81 bits per heavy atom. The molecule has 1 heteroatoms. The summed E-state index contributed by atoms with van der Waals surface area (Å²) in [6.45, 7) is 10.6. The first-order valence-electron chi connectivity index (χ1n) is 6.43. The molecular weight excluding hydrogens is 194 g/mol. The molecule has 1 aliphatic rings. The fraction of sp³-hybridized carbons (Fsp3) is 0.600. The Bertz CT molecular complexity index is 328. The van der Waals surface area contributed by atoms with Crippen molar-refractivity contribution in [3.05, 3.63) is 35.4 Å². The molecule has 0 bridgehead atoms. The summed E-state index contributed by atoms with van der Waals surface area (Å²) in [5.41, 5.74) is 2.80. The van der Waals surface area contributed by atoms with Crippen molar-refractivity contribution in [2.45, 2.75) is 33.7 Å². The highest BCUT2D eigenvalue weighted by Gasteiger charge is 2.22. The average molecular weight is 217 g/mol. The summed E-state index contributed by atoms with van der Waals surface area (Å²) in [4.78, 5) is 2.59. The molecule has 1 aromatic carbocycles. The lowest BCUT2D eigenvalue weighted by molar-refractivity contribution is 0.132. The first-order chi connectivity index (χ1) is 7.65. The van der Waals surface area contributed by atoms with Crippen molar-refractivity contribution in [3.63, 3.8) is 0 Å². The van der Waals surface area contributed by atoms with Crippen LogP contribution in [0.3, 0.4) is 0 Å². The maximum atomic E-state index is 2.59. The van der Waals surface area contributed by atoms with Gasteiger partial charge in [0.15, 0.2) is 0 Å². The van der Waals surface area contributed by atoms with Gasteiger partial charge in [0, 0.05) is 13.1 Å². The Hall–Kier alpha value is -0.820. The molecule has 0 spiro atoms. The third-order valence-electron chi connectivity index (χ3n) is 3.95. The zero-order valence-corrected chi connectivity index (χ0v) is 10.7. The van der Waals surface area contributed by atoms with Crippen LogP contribution < -0.4 is 0 Å². The van der Waals surface area contributed by atoms with Crippen LogP contribution in [0.15, 0.2) is 24.3 Å². The first-order valence-corrected chi connectivity index (χ1v) is 6.43. The molecule has 16 heavy (non-hydrogen) atoms. The minimum absolute atomic E-state index is 0.846. The number of likely N-dealkylation sites (tertiary alicyclic amines) is 1. The van der Waals surface area contributed by atoms with Crippen molar-refractivity contribution in [2.75, 3.05) is 13.1 Å². The van der Waals surface area contributed by atoms with Crippen LogP contribution in [-0.4, -0.2) is 18.0 Å². The van der Waals surface area contributed by atoms with Crippen molar-refractivity contribution < 1.29 is 0 Å². The second-order valence-corrected chi connectivity index (χ2v) is 5.46. The number of aryl methyl sites for hydroxylation is 1. The van der Waals surface area contributed by atoms with E-state index in [1.54, 1.807) is 0 Å². The first kappa shape index (κ1) is 11.7. The summed E-state index contributed by atoms with van der Waals surface area (Å²) in [6, 6.07) is 8.95. The normalized spacial score (nSPS) is 26.9. The molecule has 1 nitrogen and oxygen atoms in total. The van der Waals surface area contributed by atoms with Gasteiger partial charge in [-0.1, -0.05) is 43.7 Å². The Morgan fingerprint density at radius 1 is 1.12 bits per heavy atom. The van der Waals surface area contributed by atoms with E-state index < -0.39 is 0 Å². The molecule has 2 rings (SSSR count). The van der Waals surface area contributed by atoms with E-state index in [1.165, 1.54) is 30.6 Å². The van der Waals surface area contributed by atoms with Gasteiger partial charge < -0.3 is 0 Å². The lowest BCUT2D eigenvalue weighted by Crippen LogP contribution is -2.37. The van der Waals surface area contributed by atoms with Gasteiger partial charge in [0.05, 0.1) is 0 Å². The van der Waals surface area contributed by atoms with Crippen molar-refractivity contribution >= 4 is 0 Å². The number of hydrogen-bond acceptors (Lipinski definition) is 1. The Morgan fingerprint density at radius 3 is 2.44 bits per heavy atom. The predicted octanol–water partition coefficient (Wildman–Crippen LogP) is 3.47. The SMILES string of the molecule is Cc1ccc(CN2CCC(C)C(C)C2)cc1. The monoisotopic (exact) mass is 217 g/mol. The van der Waals surface area contributed by atoms with Gasteiger partial charge in [0.1, 0.15) is 0 Å². The Labute approximate surface area is 99.5 Å². The van der Waals surface area contributed by atoms with E-state index in [2.05, 4.69) is 49.9 Å². The van der Waals surface area contributed by atoms with E-state index in [0.717, 1.165) is 18.4 Å². The molecule has 1 heterocycles. The van der Waals surface area contributed by atoms with E-state index in [-0.39, 0.29) is 0 Å². The molecule has 1 aliphatic heterocycles. The third kappa shape index (κ3) is 2.85. The van der Waals surface area contributed by atoms with Crippen molar-refractivity contribution in [3.8, 4) is 0 Å². The quantitative estimate of drug-likeness (QED) is 0.733. The van der Waals surface area contributed by atoms with Crippen LogP contribution in [0.5, 0.6) is 0 Å². The maximum absolute atomic E-state index is 2.59. The maximum Gasteiger partial charge on any atom is 0.0233 e. The van der Waals surface area contributed by atoms with Gasteiger partial charge in [-0.15, -0.1) is 0 Å². The fourth-order valence-corrected chi connectivity index (χ4v) is 2.44. The van der Waals surface area contributed by atoms with E-state index >= 15 is 0 Å². The fourth-order valence-electron chi connectivity index (χ4n) is 2.44. The van der Waals surface area contributed by atoms with Crippen molar-refractivity contribution in [1.29, 1.82) is 0 Å². The van der Waals surface area contributed by atoms with Gasteiger partial charge in [-0.3, -0.25) is 4.90 Å². The molecule has 2 atom stereocenters. The van der Waals surface area contributed by atoms with Gasteiger partial charge in [0.2, 0.25) is 0 Å². The number of hydrogen-bond donors (Lipinski definition) is 0. The third-order valence-corrected chi connectivity index (χ3v) is 3.95. The molecule has 0 radical (unpaired) electrons. The van der Waals surface area contributed by atoms with Crippen LogP contribution in [-0.2, 0) is 6.54 Å². The Kier molecular flexibility index (Phi) is 3.65. The molecule has 0 aromatic heterocycles. The second kappa shape index (κ2) is 5.01. The number of rotatable bonds is 2. The van der Waals surface area contributed by atoms with E-state index in [9.17, 15) is 0 Å². The molecular formula is C15H23N. The standard InChI is InChI=1S/C15H23N/c1-12-4-6-15(7-5-12)11-16-9-8-13(2)14(3)10-16/h4-7,13-14H,8-11H2,1-3H3. The zero-order chi connectivity index (χ0) is 11.5. The predicted molar refractivity (Wildman–Crippen MR) is 69.4 cm³/mol. The molecule has 2 unspecified atom stereocenters. The van der Waals surface area contributed by atoms with Gasteiger partial charge in [0.25, 0.3) is 0 Å². The molecule has 1 fully saturated rings. The van der Waals surface area contributed by atoms with Crippen molar-refractivity contribution in [1.82, 2.24) is 4.90 Å². The van der Waals surface area contributed by atoms with Gasteiger partial charge in [-0.25, -0.2) is 0 Å². The molecule has 0 amide bonds. The van der Waals surface area contributed by atoms with E-state index in [0.29, 0.717) is 0 Å². The summed E-state index contributed by atoms with van der Waals surface area (Å²) in [5, 5.41) is 0. The molecule has 88 valence electrons. The molecule has 0 saturated carbocycles. The second-order valence-electron chi connectivity index (χ2n) is 5.46. The minimum atomic E-state index is 0.846. The lowest BCUT2D eigenvalue weighted by Gasteiger charge is -2.35. The zero-order valence-electron chi connectivity index (χ0n) is 10.7. The van der Waals surface area contributed by atoms with Crippen LogP contribution in [0, 0.1) is 18.8 Å². The van der Waals surface area contributed by atoms with Crippen molar-refractivity contribution in [2.24, 2.45) is 11.8 Å². The summed E-state index contributed by atoms with van der Waals surface area (Å²) in [6.07, 6.45) is 1.35. The molecule has 0 N–H and O–H groups in total. The smallest absolute Gasteiger partial charge is 0.0233 e. The highest BCUT2D eigenvalue weighted by atomic mass is 15.1. The topological polar surface area (TPSA) is 3.24 Å². The summed E-state index contributed by atoms with van der Waals surface area (Å²) in [7, 11) is 0. The summed E-state index contributed by atoms with van der Waals surface area (Å²) in [5.74, 6) is 1.74. The molecule has 0 aliphatic carbocycles. The highest BCUT2D eigenvalue weighted by Crippen LogP contribution is 2.23. The van der Waals surface area contributed by atoms with E-state index in [4.69, 9.17) is 0 Å². The molecule has 1 aromatic rings. The summed E-state index contributed by atoms with van der Waals surface area (Å²) >= 11 is 0. The molecule has 1 saturated heterocycles. The number of benzene rings is 1. The van der Waals surface area contributed by atoms with Gasteiger partial charge in [-0.05, 0) is 37.3 Å². The Balaban J connectivity index is 1.93. The lowest BCUT2D eigenvalue weighted by atomic mass is 9.88. The van der Waals surface area contributed by atoms with Crippen LogP contribution >= 0.6 is 0 Å². The summed E-state index contributed by atoms with van der Waals surface area (Å²) < 4.78 is 0. The van der Waals surface area contributed by atoms with Crippen LogP contribution in [0.25, 0.3) is 0 Å². The minimum Gasteiger partial charge on any atom is -0.299 e. The average Bonchev–Trinajstić information content (AvgIpc) is 2.27. The van der Waals surface area contributed by atoms with Gasteiger partial charge >= 0.3 is 0 Å². The van der Waals surface area contributed by atoms with E-state index in [1.807, 2.05) is 0 Å². The number of piperidine rings is 1. The number of nitrogens with zero attached hydrogens (tertiary/aromatic N) is 1. The van der Waals surface area contributed by atoms with Crippen LogP contribution in [0.2, 0.25) is 0 Å². The van der Waals surface area contributed by atoms with Crippen LogP contribution in [0.4, 0.5) is 0 Å². The largest absolute Gasteiger partial charge is 0.299 e. The van der Waals surface area contributed by atoms with Crippen LogP contribution in [0.1, 0.15) is 31.4 Å². The van der Waals surface area contributed by atoms with Gasteiger partial charge in [-0.2, -0.15) is 0 Å².